The molecule has 2 rings (SSSR count). The van der Waals surface area contributed by atoms with Crippen LogP contribution in [0.15, 0.2) is 9.52 Å². The molecule has 0 radical (unpaired) electrons. The van der Waals surface area contributed by atoms with Gasteiger partial charge in [-0.15, -0.1) is 0 Å². The van der Waals surface area contributed by atoms with Gasteiger partial charge in [-0.2, -0.15) is 4.98 Å². The molecule has 0 bridgehead atoms. The van der Waals surface area contributed by atoms with E-state index >= 15 is 0 Å². The predicted molar refractivity (Wildman–Crippen MR) is 87.7 cm³/mol. The average molecular weight is 307 g/mol. The summed E-state index contributed by atoms with van der Waals surface area (Å²) in [6, 6.07) is 0. The Morgan fingerprint density at radius 3 is 2.77 bits per heavy atom. The second kappa shape index (κ2) is 9.43. The highest BCUT2D eigenvalue weighted by Crippen LogP contribution is 2.26. The lowest BCUT2D eigenvalue weighted by Gasteiger charge is -2.21. The van der Waals surface area contributed by atoms with Crippen LogP contribution in [0.5, 0.6) is 0 Å². The lowest BCUT2D eigenvalue weighted by molar-refractivity contribution is 0.332. The van der Waals surface area contributed by atoms with E-state index in [1.165, 1.54) is 44.9 Å². The molecule has 0 aliphatic heterocycles. The molecule has 1 aromatic rings. The second-order valence-electron chi connectivity index (χ2n) is 6.00. The molecule has 0 unspecified atom stereocenters. The monoisotopic (exact) mass is 307 g/mol. The Balaban J connectivity index is 1.68. The molecular weight excluding hydrogens is 278 g/mol. The van der Waals surface area contributed by atoms with Crippen molar-refractivity contribution < 1.29 is 4.52 Å². The predicted octanol–water partition coefficient (Wildman–Crippen LogP) is 2.79. The number of guanidine groups is 1. The number of hydrogen-bond acceptors (Lipinski definition) is 4. The van der Waals surface area contributed by atoms with Crippen LogP contribution in [-0.2, 0) is 6.54 Å². The van der Waals surface area contributed by atoms with Crippen molar-refractivity contribution in [2.24, 2.45) is 10.9 Å². The summed E-state index contributed by atoms with van der Waals surface area (Å²) in [5, 5.41) is 10.4. The number of aliphatic imine (C=N–C) groups is 1. The van der Waals surface area contributed by atoms with Gasteiger partial charge in [0.2, 0.25) is 5.89 Å². The normalized spacial score (nSPS) is 16.7. The molecule has 0 aromatic carbocycles. The summed E-state index contributed by atoms with van der Waals surface area (Å²) in [6.45, 7) is 6.10. The third-order valence-electron chi connectivity index (χ3n) is 4.09. The number of nitrogens with zero attached hydrogens (tertiary/aromatic N) is 3. The SMILES string of the molecule is CCNC(=NCc1nc(C)no1)NCCCC1CCCCC1. The minimum Gasteiger partial charge on any atom is -0.357 e. The lowest BCUT2D eigenvalue weighted by Crippen LogP contribution is -2.37. The Morgan fingerprint density at radius 2 is 2.09 bits per heavy atom. The fourth-order valence-corrected chi connectivity index (χ4v) is 2.97. The Kier molecular flexibility index (Phi) is 7.19. The summed E-state index contributed by atoms with van der Waals surface area (Å²) in [4.78, 5) is 8.64. The minimum absolute atomic E-state index is 0.415. The molecule has 2 N–H and O–H groups in total. The molecule has 124 valence electrons. The van der Waals surface area contributed by atoms with E-state index in [1.807, 2.05) is 6.92 Å². The first-order valence-corrected chi connectivity index (χ1v) is 8.59. The van der Waals surface area contributed by atoms with E-state index in [0.29, 0.717) is 18.3 Å². The first kappa shape index (κ1) is 16.8. The molecule has 0 atom stereocenters. The molecule has 22 heavy (non-hydrogen) atoms. The number of rotatable bonds is 7. The molecule has 1 aliphatic carbocycles. The molecule has 6 nitrogen and oxygen atoms in total. The van der Waals surface area contributed by atoms with E-state index in [-0.39, 0.29) is 0 Å². The molecule has 0 saturated heterocycles. The number of nitrogens with one attached hydrogen (secondary N) is 2. The Bertz CT molecular complexity index is 451. The molecule has 1 aliphatic rings. The summed E-state index contributed by atoms with van der Waals surface area (Å²) in [5.41, 5.74) is 0. The van der Waals surface area contributed by atoms with E-state index in [1.54, 1.807) is 0 Å². The van der Waals surface area contributed by atoms with E-state index in [4.69, 9.17) is 4.52 Å². The van der Waals surface area contributed by atoms with Crippen molar-refractivity contribution in [3.8, 4) is 0 Å². The van der Waals surface area contributed by atoms with E-state index in [2.05, 4.69) is 32.7 Å². The maximum absolute atomic E-state index is 5.07. The standard InChI is InChI=1S/C16H29N5O/c1-3-17-16(19-12-15-20-13(2)21-22-15)18-11-7-10-14-8-5-4-6-9-14/h14H,3-12H2,1-2H3,(H2,17,18,19). The zero-order valence-corrected chi connectivity index (χ0v) is 13.9. The number of aromatic nitrogens is 2. The van der Waals surface area contributed by atoms with Gasteiger partial charge in [0.25, 0.3) is 0 Å². The third kappa shape index (κ3) is 6.03. The molecule has 1 fully saturated rings. The quantitative estimate of drug-likeness (QED) is 0.460. The van der Waals surface area contributed by atoms with Gasteiger partial charge in [0.05, 0.1) is 0 Å². The summed E-state index contributed by atoms with van der Waals surface area (Å²) in [5.74, 6) is 2.96. The maximum Gasteiger partial charge on any atom is 0.248 e. The first-order chi connectivity index (χ1) is 10.8. The topological polar surface area (TPSA) is 75.3 Å². The van der Waals surface area contributed by atoms with Gasteiger partial charge in [-0.1, -0.05) is 37.3 Å². The van der Waals surface area contributed by atoms with Crippen LogP contribution >= 0.6 is 0 Å². The van der Waals surface area contributed by atoms with Gasteiger partial charge in [0.1, 0.15) is 6.54 Å². The number of hydrogen-bond donors (Lipinski definition) is 2. The van der Waals surface area contributed by atoms with Crippen molar-refractivity contribution >= 4 is 5.96 Å². The van der Waals surface area contributed by atoms with Crippen LogP contribution in [0.4, 0.5) is 0 Å². The van der Waals surface area contributed by atoms with Gasteiger partial charge in [0, 0.05) is 13.1 Å². The summed E-state index contributed by atoms with van der Waals surface area (Å²) < 4.78 is 5.07. The Morgan fingerprint density at radius 1 is 1.27 bits per heavy atom. The first-order valence-electron chi connectivity index (χ1n) is 8.59. The molecule has 1 aromatic heterocycles. The second-order valence-corrected chi connectivity index (χ2v) is 6.00. The van der Waals surface area contributed by atoms with Gasteiger partial charge in [-0.05, 0) is 32.6 Å². The smallest absolute Gasteiger partial charge is 0.248 e. The zero-order valence-electron chi connectivity index (χ0n) is 13.9. The third-order valence-corrected chi connectivity index (χ3v) is 4.09. The van der Waals surface area contributed by atoms with Crippen molar-refractivity contribution in [3.63, 3.8) is 0 Å². The highest BCUT2D eigenvalue weighted by atomic mass is 16.5. The van der Waals surface area contributed by atoms with Crippen LogP contribution < -0.4 is 10.6 Å². The van der Waals surface area contributed by atoms with Crippen LogP contribution in [0, 0.1) is 12.8 Å². The minimum atomic E-state index is 0.415. The van der Waals surface area contributed by atoms with E-state index < -0.39 is 0 Å². The fourth-order valence-electron chi connectivity index (χ4n) is 2.97. The van der Waals surface area contributed by atoms with Gasteiger partial charge in [0.15, 0.2) is 11.8 Å². The van der Waals surface area contributed by atoms with Crippen molar-refractivity contribution in [3.05, 3.63) is 11.7 Å². The summed E-state index contributed by atoms with van der Waals surface area (Å²) in [6.07, 6.45) is 9.65. The van der Waals surface area contributed by atoms with Crippen LogP contribution in [-0.4, -0.2) is 29.2 Å². The average Bonchev–Trinajstić information content (AvgIpc) is 2.95. The van der Waals surface area contributed by atoms with Crippen molar-refractivity contribution in [1.82, 2.24) is 20.8 Å². The Labute approximate surface area is 133 Å². The van der Waals surface area contributed by atoms with E-state index in [0.717, 1.165) is 25.0 Å². The molecule has 0 amide bonds. The zero-order chi connectivity index (χ0) is 15.6. The molecule has 6 heteroatoms. The highest BCUT2D eigenvalue weighted by Gasteiger charge is 2.12. The lowest BCUT2D eigenvalue weighted by atomic mass is 9.86. The van der Waals surface area contributed by atoms with Gasteiger partial charge < -0.3 is 15.2 Å². The van der Waals surface area contributed by atoms with Gasteiger partial charge in [-0.3, -0.25) is 0 Å². The largest absolute Gasteiger partial charge is 0.357 e. The molecular formula is C16H29N5O. The van der Waals surface area contributed by atoms with Crippen molar-refractivity contribution in [1.29, 1.82) is 0 Å². The van der Waals surface area contributed by atoms with Crippen LogP contribution in [0.1, 0.15) is 63.6 Å². The van der Waals surface area contributed by atoms with Crippen LogP contribution in [0.3, 0.4) is 0 Å². The fraction of sp³-hybridized carbons (Fsp3) is 0.812. The van der Waals surface area contributed by atoms with E-state index in [9.17, 15) is 0 Å². The Hall–Kier alpha value is -1.59. The van der Waals surface area contributed by atoms with Crippen molar-refractivity contribution in [2.75, 3.05) is 13.1 Å². The van der Waals surface area contributed by atoms with Gasteiger partial charge in [-0.25, -0.2) is 4.99 Å². The van der Waals surface area contributed by atoms with Crippen LogP contribution in [0.25, 0.3) is 0 Å². The molecule has 1 heterocycles. The molecule has 1 saturated carbocycles. The number of aryl methyl sites for hydroxylation is 1. The van der Waals surface area contributed by atoms with Crippen molar-refractivity contribution in [2.45, 2.75) is 65.3 Å². The summed E-state index contributed by atoms with van der Waals surface area (Å²) >= 11 is 0. The maximum atomic E-state index is 5.07. The highest BCUT2D eigenvalue weighted by molar-refractivity contribution is 5.79. The summed E-state index contributed by atoms with van der Waals surface area (Å²) in [7, 11) is 0. The molecule has 0 spiro atoms. The van der Waals surface area contributed by atoms with Gasteiger partial charge >= 0.3 is 0 Å². The van der Waals surface area contributed by atoms with Crippen LogP contribution in [0.2, 0.25) is 0 Å².